The van der Waals surface area contributed by atoms with Crippen LogP contribution in [0.2, 0.25) is 0 Å². The average Bonchev–Trinajstić information content (AvgIpc) is 2.80. The molecule has 18 heavy (non-hydrogen) atoms. The van der Waals surface area contributed by atoms with Gasteiger partial charge in [0.15, 0.2) is 0 Å². The Morgan fingerprint density at radius 3 is 1.89 bits per heavy atom. The summed E-state index contributed by atoms with van der Waals surface area (Å²) in [5.41, 5.74) is 5.58. The molecule has 0 aliphatic rings. The monoisotopic (exact) mass is 263 g/mol. The summed E-state index contributed by atoms with van der Waals surface area (Å²) in [5, 5.41) is 0. The Morgan fingerprint density at radius 2 is 1.50 bits per heavy atom. The van der Waals surface area contributed by atoms with Crippen LogP contribution in [0.15, 0.2) is 29.8 Å². The van der Waals surface area contributed by atoms with Gasteiger partial charge in [0.1, 0.15) is 0 Å². The number of benzene rings is 1. The van der Waals surface area contributed by atoms with Crippen molar-refractivity contribution in [1.82, 2.24) is 4.98 Å². The third kappa shape index (κ3) is 5.46. The minimum atomic E-state index is 1.12. The molecule has 0 bridgehead atoms. The number of aromatic nitrogens is 1. The van der Waals surface area contributed by atoms with E-state index in [0.717, 1.165) is 5.69 Å². The van der Waals surface area contributed by atoms with E-state index in [1.165, 1.54) is 22.4 Å². The molecule has 2 aromatic rings. The first-order chi connectivity index (χ1) is 8.69. The first-order valence-electron chi connectivity index (χ1n) is 6.66. The minimum Gasteiger partial charge on any atom is -0.249 e. The minimum absolute atomic E-state index is 1.12. The lowest BCUT2D eigenvalue weighted by atomic mass is 10.1. The number of aryl methyl sites for hydroxylation is 2. The van der Waals surface area contributed by atoms with Crippen LogP contribution in [0, 0.1) is 13.8 Å². The summed E-state index contributed by atoms with van der Waals surface area (Å²) in [4.78, 5) is 5.51. The van der Waals surface area contributed by atoms with Gasteiger partial charge in [0.05, 0.1) is 16.1 Å². The number of thiazole rings is 1. The Bertz CT molecular complexity index is 415. The molecule has 0 radical (unpaired) electrons. The van der Waals surface area contributed by atoms with E-state index >= 15 is 0 Å². The van der Waals surface area contributed by atoms with E-state index in [2.05, 4.69) is 50.0 Å². The Balaban J connectivity index is 0.000000509. The van der Waals surface area contributed by atoms with E-state index in [1.807, 2.05) is 26.3 Å². The molecule has 0 amide bonds. The molecule has 0 saturated carbocycles. The summed E-state index contributed by atoms with van der Waals surface area (Å²) >= 11 is 1.70. The van der Waals surface area contributed by atoms with Gasteiger partial charge in [-0.2, -0.15) is 0 Å². The molecule has 1 nitrogen and oxygen atoms in total. The van der Waals surface area contributed by atoms with Crippen molar-refractivity contribution >= 4 is 11.3 Å². The average molecular weight is 263 g/mol. The van der Waals surface area contributed by atoms with Crippen LogP contribution in [0.4, 0.5) is 0 Å². The normalized spacial score (nSPS) is 8.78. The molecular formula is C16H25NS. The highest BCUT2D eigenvalue weighted by atomic mass is 32.1. The second-order valence-electron chi connectivity index (χ2n) is 3.84. The Kier molecular flexibility index (Phi) is 9.21. The molecule has 1 heterocycles. The maximum Gasteiger partial charge on any atom is 0.0801 e. The lowest BCUT2D eigenvalue weighted by molar-refractivity contribution is 1.09. The van der Waals surface area contributed by atoms with Crippen molar-refractivity contribution in [3.8, 4) is 10.4 Å². The van der Waals surface area contributed by atoms with E-state index in [4.69, 9.17) is 0 Å². The molecule has 2 heteroatoms. The molecule has 1 aromatic carbocycles. The van der Waals surface area contributed by atoms with Crippen molar-refractivity contribution in [2.75, 3.05) is 0 Å². The lowest BCUT2D eigenvalue weighted by Gasteiger charge is -1.98. The van der Waals surface area contributed by atoms with Gasteiger partial charge in [0.2, 0.25) is 0 Å². The molecule has 1 aromatic heterocycles. The first kappa shape index (κ1) is 16.9. The first-order valence-corrected chi connectivity index (χ1v) is 7.54. The van der Waals surface area contributed by atoms with E-state index in [0.29, 0.717) is 0 Å². The largest absolute Gasteiger partial charge is 0.249 e. The Morgan fingerprint density at radius 1 is 1.00 bits per heavy atom. The maximum absolute atomic E-state index is 4.23. The molecule has 0 spiro atoms. The van der Waals surface area contributed by atoms with Crippen molar-refractivity contribution in [2.45, 2.75) is 48.0 Å². The number of nitrogens with zero attached hydrogens (tertiary/aromatic N) is 1. The molecule has 0 aliphatic heterocycles. The van der Waals surface area contributed by atoms with E-state index < -0.39 is 0 Å². The standard InChI is InChI=1S/C11H11NS.C3H8.C2H6/c1-8-3-5-10(6-4-8)11-9(2)12-7-13-11;1-3-2;1-2/h3-7H,1-2H3;3H2,1-2H3;1-2H3. The SMILES string of the molecule is CC.CCC.Cc1ccc(-c2scnc2C)cc1. The lowest BCUT2D eigenvalue weighted by Crippen LogP contribution is -1.78. The molecule has 0 saturated heterocycles. The van der Waals surface area contributed by atoms with Gasteiger partial charge in [-0.3, -0.25) is 0 Å². The fourth-order valence-corrected chi connectivity index (χ4v) is 2.10. The van der Waals surface area contributed by atoms with Gasteiger partial charge in [-0.1, -0.05) is 63.9 Å². The second kappa shape index (κ2) is 9.84. The molecule has 0 N–H and O–H groups in total. The van der Waals surface area contributed by atoms with Crippen LogP contribution in [0.1, 0.15) is 45.4 Å². The molecule has 0 aliphatic carbocycles. The summed E-state index contributed by atoms with van der Waals surface area (Å²) in [5.74, 6) is 0. The Labute approximate surface area is 116 Å². The van der Waals surface area contributed by atoms with Crippen LogP contribution in [0.25, 0.3) is 10.4 Å². The summed E-state index contributed by atoms with van der Waals surface area (Å²) in [6, 6.07) is 8.56. The van der Waals surface area contributed by atoms with Gasteiger partial charge in [-0.05, 0) is 19.4 Å². The molecule has 100 valence electrons. The topological polar surface area (TPSA) is 12.9 Å². The molecule has 0 atom stereocenters. The van der Waals surface area contributed by atoms with Crippen molar-refractivity contribution in [3.63, 3.8) is 0 Å². The zero-order chi connectivity index (χ0) is 14.0. The summed E-state index contributed by atoms with van der Waals surface area (Å²) in [6.07, 6.45) is 1.25. The number of hydrogen-bond acceptors (Lipinski definition) is 2. The second-order valence-corrected chi connectivity index (χ2v) is 4.69. The highest BCUT2D eigenvalue weighted by molar-refractivity contribution is 7.13. The third-order valence-electron chi connectivity index (χ3n) is 2.06. The van der Waals surface area contributed by atoms with Gasteiger partial charge in [-0.15, -0.1) is 11.3 Å². The van der Waals surface area contributed by atoms with E-state index in [1.54, 1.807) is 11.3 Å². The molecule has 2 rings (SSSR count). The van der Waals surface area contributed by atoms with Crippen LogP contribution in [0.5, 0.6) is 0 Å². The van der Waals surface area contributed by atoms with Crippen LogP contribution < -0.4 is 0 Å². The van der Waals surface area contributed by atoms with Crippen LogP contribution in [-0.4, -0.2) is 4.98 Å². The zero-order valence-electron chi connectivity index (χ0n) is 12.4. The quantitative estimate of drug-likeness (QED) is 0.627. The van der Waals surface area contributed by atoms with Gasteiger partial charge in [0, 0.05) is 0 Å². The Hall–Kier alpha value is -1.15. The van der Waals surface area contributed by atoms with Crippen LogP contribution in [0.3, 0.4) is 0 Å². The van der Waals surface area contributed by atoms with E-state index in [-0.39, 0.29) is 0 Å². The molecule has 0 fully saturated rings. The number of hydrogen-bond donors (Lipinski definition) is 0. The smallest absolute Gasteiger partial charge is 0.0801 e. The number of rotatable bonds is 1. The van der Waals surface area contributed by atoms with Crippen molar-refractivity contribution in [2.24, 2.45) is 0 Å². The zero-order valence-corrected chi connectivity index (χ0v) is 13.3. The van der Waals surface area contributed by atoms with Crippen molar-refractivity contribution in [3.05, 3.63) is 41.0 Å². The van der Waals surface area contributed by atoms with Crippen molar-refractivity contribution in [1.29, 1.82) is 0 Å². The van der Waals surface area contributed by atoms with Crippen molar-refractivity contribution < 1.29 is 0 Å². The maximum atomic E-state index is 4.23. The molecular weight excluding hydrogens is 238 g/mol. The highest BCUT2D eigenvalue weighted by Crippen LogP contribution is 2.26. The van der Waals surface area contributed by atoms with Crippen LogP contribution in [-0.2, 0) is 0 Å². The van der Waals surface area contributed by atoms with Gasteiger partial charge >= 0.3 is 0 Å². The predicted octanol–water partition coefficient (Wildman–Crippen LogP) is 5.87. The van der Waals surface area contributed by atoms with Gasteiger partial charge < -0.3 is 0 Å². The predicted molar refractivity (Wildman–Crippen MR) is 84.3 cm³/mol. The van der Waals surface area contributed by atoms with Crippen LogP contribution >= 0.6 is 11.3 Å². The molecule has 0 unspecified atom stereocenters. The summed E-state index contributed by atoms with van der Waals surface area (Å²) in [7, 11) is 0. The van der Waals surface area contributed by atoms with Gasteiger partial charge in [-0.25, -0.2) is 4.98 Å². The highest BCUT2D eigenvalue weighted by Gasteiger charge is 2.02. The van der Waals surface area contributed by atoms with E-state index in [9.17, 15) is 0 Å². The fourth-order valence-electron chi connectivity index (χ4n) is 1.28. The third-order valence-corrected chi connectivity index (χ3v) is 3.04. The van der Waals surface area contributed by atoms with Gasteiger partial charge in [0.25, 0.3) is 0 Å². The summed E-state index contributed by atoms with van der Waals surface area (Å²) in [6.45, 7) is 12.4. The summed E-state index contributed by atoms with van der Waals surface area (Å²) < 4.78 is 0. The fraction of sp³-hybridized carbons (Fsp3) is 0.438.